The van der Waals surface area contributed by atoms with Gasteiger partial charge >= 0.3 is 5.97 Å². The summed E-state index contributed by atoms with van der Waals surface area (Å²) in [5.74, 6) is -0.955. The molecule has 0 radical (unpaired) electrons. The van der Waals surface area contributed by atoms with E-state index in [1.54, 1.807) is 0 Å². The first-order valence-corrected chi connectivity index (χ1v) is 6.87. The monoisotopic (exact) mass is 301 g/mol. The lowest BCUT2D eigenvalue weighted by Gasteiger charge is -2.19. The molecule has 1 heterocycles. The zero-order chi connectivity index (χ0) is 14.5. The fourth-order valence-electron chi connectivity index (χ4n) is 2.20. The van der Waals surface area contributed by atoms with Crippen molar-refractivity contribution in [3.63, 3.8) is 0 Å². The molecule has 1 aromatic rings. The molecule has 6 heteroatoms. The number of carbonyl (C=O) groups excluding carboxylic acids is 1. The minimum absolute atomic E-state index is 0.0182. The van der Waals surface area contributed by atoms with Crippen molar-refractivity contribution >= 4 is 17.6 Å². The summed E-state index contributed by atoms with van der Waals surface area (Å²) in [6, 6.07) is 3.51. The van der Waals surface area contributed by atoms with E-state index in [2.05, 4.69) is 5.32 Å². The van der Waals surface area contributed by atoms with Crippen LogP contribution in [0.4, 0.5) is 4.39 Å². The molecule has 0 saturated carbocycles. The molecule has 1 saturated heterocycles. The summed E-state index contributed by atoms with van der Waals surface area (Å²) in [4.78, 5) is 11.9. The summed E-state index contributed by atoms with van der Waals surface area (Å²) in [5.41, 5.74) is 0.571. The fraction of sp³-hybridized carbons (Fsp3) is 0.500. The third-order valence-electron chi connectivity index (χ3n) is 3.29. The minimum Gasteiger partial charge on any atom is -0.468 e. The molecule has 2 unspecified atom stereocenters. The Balaban J connectivity index is 2.09. The van der Waals surface area contributed by atoms with Gasteiger partial charge in [-0.05, 0) is 30.5 Å². The van der Waals surface area contributed by atoms with Crippen molar-refractivity contribution in [2.24, 2.45) is 0 Å². The minimum atomic E-state index is -0.678. The van der Waals surface area contributed by atoms with E-state index in [4.69, 9.17) is 21.1 Å². The van der Waals surface area contributed by atoms with Crippen LogP contribution in [0.1, 0.15) is 24.4 Å². The summed E-state index contributed by atoms with van der Waals surface area (Å²) in [7, 11) is 1.31. The molecule has 4 nitrogen and oxygen atoms in total. The van der Waals surface area contributed by atoms with Crippen molar-refractivity contribution < 1.29 is 18.7 Å². The van der Waals surface area contributed by atoms with Crippen LogP contribution in [0, 0.1) is 5.82 Å². The highest BCUT2D eigenvalue weighted by Crippen LogP contribution is 2.22. The van der Waals surface area contributed by atoms with Crippen LogP contribution in [0.2, 0.25) is 5.02 Å². The van der Waals surface area contributed by atoms with Crippen LogP contribution in [0.25, 0.3) is 0 Å². The number of ether oxygens (including phenoxy) is 2. The van der Waals surface area contributed by atoms with Crippen molar-refractivity contribution in [2.45, 2.75) is 25.0 Å². The Morgan fingerprint density at radius 3 is 3.05 bits per heavy atom. The predicted molar refractivity (Wildman–Crippen MR) is 73.1 cm³/mol. The standard InChI is InChI=1S/C14H17ClFNO3/c1-19-14(18)13(17-8-10-3-2-6-20-10)9-4-5-12(16)11(15)7-9/h4-5,7,10,13,17H,2-3,6,8H2,1H3. The maximum absolute atomic E-state index is 13.2. The molecule has 0 amide bonds. The third kappa shape index (κ3) is 3.69. The van der Waals surface area contributed by atoms with Gasteiger partial charge in [-0.15, -0.1) is 0 Å². The van der Waals surface area contributed by atoms with E-state index in [0.29, 0.717) is 12.1 Å². The van der Waals surface area contributed by atoms with Crippen LogP contribution in [0.15, 0.2) is 18.2 Å². The van der Waals surface area contributed by atoms with Crippen molar-refractivity contribution in [2.75, 3.05) is 20.3 Å². The van der Waals surface area contributed by atoms with Crippen molar-refractivity contribution in [1.82, 2.24) is 5.32 Å². The number of nitrogens with one attached hydrogen (secondary N) is 1. The molecule has 1 aromatic carbocycles. The maximum atomic E-state index is 13.2. The van der Waals surface area contributed by atoms with Gasteiger partial charge < -0.3 is 9.47 Å². The number of halogens is 2. The van der Waals surface area contributed by atoms with Crippen molar-refractivity contribution in [1.29, 1.82) is 0 Å². The van der Waals surface area contributed by atoms with E-state index in [-0.39, 0.29) is 11.1 Å². The Morgan fingerprint density at radius 2 is 2.45 bits per heavy atom. The average molecular weight is 302 g/mol. The highest BCUT2D eigenvalue weighted by atomic mass is 35.5. The van der Waals surface area contributed by atoms with E-state index in [0.717, 1.165) is 19.4 Å². The third-order valence-corrected chi connectivity index (χ3v) is 3.58. The van der Waals surface area contributed by atoms with Gasteiger partial charge in [0.25, 0.3) is 0 Å². The smallest absolute Gasteiger partial charge is 0.327 e. The molecule has 2 rings (SSSR count). The molecule has 1 aliphatic heterocycles. The second kappa shape index (κ2) is 7.02. The fourth-order valence-corrected chi connectivity index (χ4v) is 2.39. The second-order valence-electron chi connectivity index (χ2n) is 4.67. The van der Waals surface area contributed by atoms with Gasteiger partial charge in [-0.2, -0.15) is 0 Å². The van der Waals surface area contributed by atoms with Crippen molar-refractivity contribution in [3.05, 3.63) is 34.6 Å². The number of esters is 1. The summed E-state index contributed by atoms with van der Waals surface area (Å²) in [6.07, 6.45) is 2.08. The van der Waals surface area contributed by atoms with Crippen LogP contribution in [0.5, 0.6) is 0 Å². The molecular formula is C14H17ClFNO3. The Labute approximate surface area is 122 Å². The average Bonchev–Trinajstić information content (AvgIpc) is 2.95. The van der Waals surface area contributed by atoms with Crippen LogP contribution in [-0.4, -0.2) is 32.3 Å². The lowest BCUT2D eigenvalue weighted by Crippen LogP contribution is -2.35. The van der Waals surface area contributed by atoms with E-state index in [1.807, 2.05) is 0 Å². The van der Waals surface area contributed by atoms with Crippen LogP contribution in [0.3, 0.4) is 0 Å². The molecule has 1 N–H and O–H groups in total. The number of hydrogen-bond donors (Lipinski definition) is 1. The van der Waals surface area contributed by atoms with Gasteiger partial charge in [-0.25, -0.2) is 9.18 Å². The van der Waals surface area contributed by atoms with Crippen LogP contribution >= 0.6 is 11.6 Å². The van der Waals surface area contributed by atoms with Gasteiger partial charge in [-0.1, -0.05) is 17.7 Å². The summed E-state index contributed by atoms with van der Waals surface area (Å²) in [6.45, 7) is 1.28. The number of benzene rings is 1. The van der Waals surface area contributed by atoms with Gasteiger partial charge in [0.05, 0.1) is 18.2 Å². The van der Waals surface area contributed by atoms with E-state index >= 15 is 0 Å². The summed E-state index contributed by atoms with van der Waals surface area (Å²) >= 11 is 5.75. The highest BCUT2D eigenvalue weighted by molar-refractivity contribution is 6.30. The zero-order valence-corrected chi connectivity index (χ0v) is 12.0. The Morgan fingerprint density at radius 1 is 1.65 bits per heavy atom. The number of rotatable bonds is 5. The molecule has 20 heavy (non-hydrogen) atoms. The predicted octanol–water partition coefficient (Wildman–Crippen LogP) is 2.46. The molecule has 0 aromatic heterocycles. The van der Waals surface area contributed by atoms with Crippen LogP contribution < -0.4 is 5.32 Å². The number of carbonyl (C=O) groups is 1. The Bertz CT molecular complexity index is 477. The van der Waals surface area contributed by atoms with Gasteiger partial charge in [0.1, 0.15) is 11.9 Å². The maximum Gasteiger partial charge on any atom is 0.327 e. The Hall–Kier alpha value is -1.17. The molecule has 1 aliphatic rings. The van der Waals surface area contributed by atoms with Gasteiger partial charge in [0.2, 0.25) is 0 Å². The summed E-state index contributed by atoms with van der Waals surface area (Å²) < 4.78 is 23.5. The first kappa shape index (κ1) is 15.2. The van der Waals surface area contributed by atoms with E-state index in [9.17, 15) is 9.18 Å². The molecule has 1 fully saturated rings. The van der Waals surface area contributed by atoms with Gasteiger partial charge in [-0.3, -0.25) is 5.32 Å². The lowest BCUT2D eigenvalue weighted by atomic mass is 10.1. The number of methoxy groups -OCH3 is 1. The largest absolute Gasteiger partial charge is 0.468 e. The molecule has 0 aliphatic carbocycles. The lowest BCUT2D eigenvalue weighted by molar-refractivity contribution is -0.143. The highest BCUT2D eigenvalue weighted by Gasteiger charge is 2.24. The molecule has 0 spiro atoms. The Kier molecular flexibility index (Phi) is 5.34. The molecular weight excluding hydrogens is 285 g/mol. The molecule has 110 valence electrons. The normalized spacial score (nSPS) is 19.9. The topological polar surface area (TPSA) is 47.6 Å². The van der Waals surface area contributed by atoms with E-state index < -0.39 is 17.8 Å². The second-order valence-corrected chi connectivity index (χ2v) is 5.08. The molecule has 2 atom stereocenters. The number of hydrogen-bond acceptors (Lipinski definition) is 4. The zero-order valence-electron chi connectivity index (χ0n) is 11.2. The van der Waals surface area contributed by atoms with Gasteiger partial charge in [0.15, 0.2) is 0 Å². The summed E-state index contributed by atoms with van der Waals surface area (Å²) in [5, 5.41) is 3.08. The quantitative estimate of drug-likeness (QED) is 0.849. The van der Waals surface area contributed by atoms with Crippen molar-refractivity contribution in [3.8, 4) is 0 Å². The van der Waals surface area contributed by atoms with Gasteiger partial charge in [0, 0.05) is 13.2 Å². The van der Waals surface area contributed by atoms with E-state index in [1.165, 1.54) is 25.3 Å². The van der Waals surface area contributed by atoms with Crippen LogP contribution in [-0.2, 0) is 14.3 Å². The first-order valence-electron chi connectivity index (χ1n) is 6.49. The first-order chi connectivity index (χ1) is 9.61. The SMILES string of the molecule is COC(=O)C(NCC1CCCO1)c1ccc(F)c(Cl)c1. The molecule has 0 bridgehead atoms.